The summed E-state index contributed by atoms with van der Waals surface area (Å²) in [5, 5.41) is 3.05. The Morgan fingerprint density at radius 1 is 1.20 bits per heavy atom. The molecule has 0 aromatic heterocycles. The molecule has 5 heteroatoms. The molecular formula is C20H31N3O2. The summed E-state index contributed by atoms with van der Waals surface area (Å²) in [6, 6.07) is 10.3. The third-order valence-electron chi connectivity index (χ3n) is 4.77. The zero-order valence-electron chi connectivity index (χ0n) is 15.5. The minimum Gasteiger partial charge on any atom is -0.355 e. The highest BCUT2D eigenvalue weighted by Gasteiger charge is 2.26. The Morgan fingerprint density at radius 2 is 1.88 bits per heavy atom. The summed E-state index contributed by atoms with van der Waals surface area (Å²) in [6.45, 7) is 5.82. The molecule has 1 aromatic carbocycles. The molecule has 1 saturated heterocycles. The minimum absolute atomic E-state index is 0.0464. The molecule has 25 heavy (non-hydrogen) atoms. The summed E-state index contributed by atoms with van der Waals surface area (Å²) in [4.78, 5) is 28.3. The lowest BCUT2D eigenvalue weighted by molar-refractivity contribution is -0.135. The van der Waals surface area contributed by atoms with Crippen molar-refractivity contribution in [3.05, 3.63) is 35.9 Å². The van der Waals surface area contributed by atoms with Crippen molar-refractivity contribution < 1.29 is 9.59 Å². The average molecular weight is 345 g/mol. The molecule has 1 aliphatic heterocycles. The van der Waals surface area contributed by atoms with Crippen LogP contribution in [0.2, 0.25) is 0 Å². The molecule has 0 aliphatic carbocycles. The number of amides is 2. The molecule has 0 saturated carbocycles. The van der Waals surface area contributed by atoms with Crippen LogP contribution in [0.1, 0.15) is 38.2 Å². The maximum Gasteiger partial charge on any atom is 0.223 e. The number of likely N-dealkylation sites (tertiary alicyclic amines) is 1. The molecule has 1 fully saturated rings. The van der Waals surface area contributed by atoms with E-state index in [2.05, 4.69) is 29.4 Å². The van der Waals surface area contributed by atoms with Crippen molar-refractivity contribution in [3.63, 3.8) is 0 Å². The number of hydrogen-bond acceptors (Lipinski definition) is 3. The largest absolute Gasteiger partial charge is 0.355 e. The van der Waals surface area contributed by atoms with Gasteiger partial charge in [0.05, 0.1) is 0 Å². The quantitative estimate of drug-likeness (QED) is 0.786. The molecule has 0 bridgehead atoms. The summed E-state index contributed by atoms with van der Waals surface area (Å²) < 4.78 is 0. The fourth-order valence-corrected chi connectivity index (χ4v) is 3.25. The van der Waals surface area contributed by atoms with Crippen LogP contribution in [0.3, 0.4) is 0 Å². The zero-order chi connectivity index (χ0) is 18.1. The lowest BCUT2D eigenvalue weighted by atomic mass is 9.95. The first kappa shape index (κ1) is 19.4. The monoisotopic (exact) mass is 345 g/mol. The molecule has 0 radical (unpaired) electrons. The molecule has 1 aromatic rings. The van der Waals surface area contributed by atoms with Gasteiger partial charge in [-0.15, -0.1) is 0 Å². The van der Waals surface area contributed by atoms with Gasteiger partial charge in [-0.3, -0.25) is 9.59 Å². The molecule has 1 N–H and O–H groups in total. The molecular weight excluding hydrogens is 314 g/mol. The predicted molar refractivity (Wildman–Crippen MR) is 100.0 cm³/mol. The van der Waals surface area contributed by atoms with Crippen LogP contribution in [0.25, 0.3) is 0 Å². The van der Waals surface area contributed by atoms with Crippen molar-refractivity contribution in [3.8, 4) is 0 Å². The van der Waals surface area contributed by atoms with Gasteiger partial charge in [-0.1, -0.05) is 37.3 Å². The third-order valence-corrected chi connectivity index (χ3v) is 4.77. The Morgan fingerprint density at radius 3 is 2.52 bits per heavy atom. The van der Waals surface area contributed by atoms with E-state index >= 15 is 0 Å². The van der Waals surface area contributed by atoms with Crippen LogP contribution < -0.4 is 5.32 Å². The summed E-state index contributed by atoms with van der Waals surface area (Å²) in [6.07, 6.45) is 3.06. The molecule has 5 nitrogen and oxygen atoms in total. The van der Waals surface area contributed by atoms with E-state index in [-0.39, 0.29) is 17.7 Å². The number of hydrogen-bond donors (Lipinski definition) is 1. The average Bonchev–Trinajstić information content (AvgIpc) is 2.63. The van der Waals surface area contributed by atoms with Crippen LogP contribution in [0.4, 0.5) is 0 Å². The molecule has 2 amide bonds. The molecule has 0 atom stereocenters. The van der Waals surface area contributed by atoms with Gasteiger partial charge in [-0.05, 0) is 31.9 Å². The van der Waals surface area contributed by atoms with Crippen LogP contribution in [-0.4, -0.2) is 54.8 Å². The van der Waals surface area contributed by atoms with Gasteiger partial charge in [0.25, 0.3) is 0 Å². The number of rotatable bonds is 8. The zero-order valence-corrected chi connectivity index (χ0v) is 15.5. The molecule has 138 valence electrons. The van der Waals surface area contributed by atoms with Crippen LogP contribution in [0.5, 0.6) is 0 Å². The van der Waals surface area contributed by atoms with Crippen molar-refractivity contribution >= 4 is 11.8 Å². The normalized spacial score (nSPS) is 15.4. The number of likely N-dealkylation sites (N-methyl/N-ethyl adjacent to an activating group) is 1. The van der Waals surface area contributed by atoms with E-state index in [0.29, 0.717) is 26.1 Å². The Labute approximate surface area is 151 Å². The number of nitrogens with zero attached hydrogens (tertiary/aromatic N) is 2. The van der Waals surface area contributed by atoms with E-state index in [1.807, 2.05) is 30.0 Å². The van der Waals surface area contributed by atoms with Crippen LogP contribution in [-0.2, 0) is 16.1 Å². The van der Waals surface area contributed by atoms with Crippen LogP contribution in [0, 0.1) is 5.92 Å². The molecule has 1 heterocycles. The standard InChI is InChI=1S/C20H31N3O2/c1-3-7-19(24)23-13-10-18(11-14-23)20(25)21-12-15-22(2)16-17-8-5-4-6-9-17/h4-6,8-9,18H,3,7,10-16H2,1-2H3,(H,21,25). The fraction of sp³-hybridized carbons (Fsp3) is 0.600. The predicted octanol–water partition coefficient (Wildman–Crippen LogP) is 2.27. The van der Waals surface area contributed by atoms with Crippen molar-refractivity contribution in [2.75, 3.05) is 33.2 Å². The van der Waals surface area contributed by atoms with Crippen molar-refractivity contribution in [2.24, 2.45) is 5.92 Å². The van der Waals surface area contributed by atoms with Gasteiger partial charge in [0.15, 0.2) is 0 Å². The molecule has 1 aliphatic rings. The SMILES string of the molecule is CCCC(=O)N1CCC(C(=O)NCCN(C)Cc2ccccc2)CC1. The van der Waals surface area contributed by atoms with E-state index in [4.69, 9.17) is 0 Å². The van der Waals surface area contributed by atoms with Gasteiger partial charge in [-0.25, -0.2) is 0 Å². The van der Waals surface area contributed by atoms with Gasteiger partial charge in [0, 0.05) is 45.1 Å². The smallest absolute Gasteiger partial charge is 0.223 e. The topological polar surface area (TPSA) is 52.7 Å². The van der Waals surface area contributed by atoms with Crippen LogP contribution >= 0.6 is 0 Å². The van der Waals surface area contributed by atoms with Crippen molar-refractivity contribution in [2.45, 2.75) is 39.2 Å². The number of benzene rings is 1. The van der Waals surface area contributed by atoms with E-state index in [0.717, 1.165) is 32.4 Å². The maximum atomic E-state index is 12.3. The van der Waals surface area contributed by atoms with Gasteiger partial charge in [-0.2, -0.15) is 0 Å². The second-order valence-corrected chi connectivity index (χ2v) is 6.92. The van der Waals surface area contributed by atoms with Gasteiger partial charge < -0.3 is 15.1 Å². The molecule has 2 rings (SSSR count). The number of carbonyl (C=O) groups is 2. The summed E-state index contributed by atoms with van der Waals surface area (Å²) in [5.41, 5.74) is 1.28. The van der Waals surface area contributed by atoms with E-state index in [9.17, 15) is 9.59 Å². The Kier molecular flexibility index (Phi) is 7.92. The number of piperidine rings is 1. The first-order valence-corrected chi connectivity index (χ1v) is 9.38. The van der Waals surface area contributed by atoms with E-state index < -0.39 is 0 Å². The second-order valence-electron chi connectivity index (χ2n) is 6.92. The molecule has 0 unspecified atom stereocenters. The number of nitrogens with one attached hydrogen (secondary N) is 1. The summed E-state index contributed by atoms with van der Waals surface area (Å²) in [7, 11) is 2.07. The molecule has 0 spiro atoms. The maximum absolute atomic E-state index is 12.3. The fourth-order valence-electron chi connectivity index (χ4n) is 3.25. The first-order valence-electron chi connectivity index (χ1n) is 9.38. The Balaban J connectivity index is 1.63. The third kappa shape index (κ3) is 6.50. The van der Waals surface area contributed by atoms with E-state index in [1.54, 1.807) is 0 Å². The lowest BCUT2D eigenvalue weighted by Gasteiger charge is -2.31. The Bertz CT molecular complexity index is 539. The highest BCUT2D eigenvalue weighted by atomic mass is 16.2. The van der Waals surface area contributed by atoms with Crippen molar-refractivity contribution in [1.82, 2.24) is 15.1 Å². The minimum atomic E-state index is 0.0464. The summed E-state index contributed by atoms with van der Waals surface area (Å²) >= 11 is 0. The highest BCUT2D eigenvalue weighted by Crippen LogP contribution is 2.18. The van der Waals surface area contributed by atoms with Gasteiger partial charge in [0.2, 0.25) is 11.8 Å². The second kappa shape index (κ2) is 10.2. The van der Waals surface area contributed by atoms with Crippen LogP contribution in [0.15, 0.2) is 30.3 Å². The van der Waals surface area contributed by atoms with Gasteiger partial charge >= 0.3 is 0 Å². The van der Waals surface area contributed by atoms with Crippen molar-refractivity contribution in [1.29, 1.82) is 0 Å². The van der Waals surface area contributed by atoms with Gasteiger partial charge in [0.1, 0.15) is 0 Å². The highest BCUT2D eigenvalue weighted by molar-refractivity contribution is 5.80. The summed E-state index contributed by atoms with van der Waals surface area (Å²) in [5.74, 6) is 0.407. The lowest BCUT2D eigenvalue weighted by Crippen LogP contribution is -2.44. The first-order chi connectivity index (χ1) is 12.1. The van der Waals surface area contributed by atoms with E-state index in [1.165, 1.54) is 5.56 Å². The Hall–Kier alpha value is -1.88. The number of carbonyl (C=O) groups excluding carboxylic acids is 2.